The van der Waals surface area contributed by atoms with Crippen molar-refractivity contribution in [3.05, 3.63) is 12.8 Å². The van der Waals surface area contributed by atoms with Gasteiger partial charge in [0.1, 0.15) is 0 Å². The number of likely N-dealkylation sites (N-methyl/N-ethyl adjacent to an activating group) is 1. The summed E-state index contributed by atoms with van der Waals surface area (Å²) < 4.78 is 0. The molecule has 1 aliphatic heterocycles. The van der Waals surface area contributed by atoms with Crippen molar-refractivity contribution in [3.8, 4) is 0 Å². The molecular formula is C8H16N2. The number of hydrogen-bond acceptors (Lipinski definition) is 2. The topological polar surface area (TPSA) is 6.48 Å². The predicted molar refractivity (Wildman–Crippen MR) is 43.9 cm³/mol. The Kier molecular flexibility index (Phi) is 2.33. The Bertz CT molecular complexity index is 120. The van der Waals surface area contributed by atoms with Crippen LogP contribution in [0.1, 0.15) is 6.42 Å². The molecule has 1 saturated heterocycles. The Labute approximate surface area is 63.1 Å². The normalized spacial score (nSPS) is 25.9. The first kappa shape index (κ1) is 7.61. The van der Waals surface area contributed by atoms with Gasteiger partial charge in [-0.3, -0.25) is 0 Å². The lowest BCUT2D eigenvalue weighted by molar-refractivity contribution is 0.296. The summed E-state index contributed by atoms with van der Waals surface area (Å²) in [7, 11) is 4.27. The fourth-order valence-electron chi connectivity index (χ4n) is 1.36. The SMILES string of the molecule is C=CN1CC[C@@H](N(C)C)C1. The minimum Gasteiger partial charge on any atom is -0.376 e. The number of nitrogens with zero attached hydrogens (tertiary/aromatic N) is 2. The van der Waals surface area contributed by atoms with E-state index in [0.29, 0.717) is 0 Å². The second-order valence-corrected chi connectivity index (χ2v) is 3.08. The number of rotatable bonds is 2. The summed E-state index contributed by atoms with van der Waals surface area (Å²) in [6.07, 6.45) is 3.21. The van der Waals surface area contributed by atoms with Crippen LogP contribution in [0, 0.1) is 0 Å². The van der Waals surface area contributed by atoms with Crippen molar-refractivity contribution in [1.82, 2.24) is 9.80 Å². The van der Waals surface area contributed by atoms with Crippen LogP contribution >= 0.6 is 0 Å². The molecule has 1 heterocycles. The first-order valence-corrected chi connectivity index (χ1v) is 3.77. The van der Waals surface area contributed by atoms with Gasteiger partial charge >= 0.3 is 0 Å². The van der Waals surface area contributed by atoms with Gasteiger partial charge in [0.05, 0.1) is 0 Å². The van der Waals surface area contributed by atoms with Crippen LogP contribution in [-0.4, -0.2) is 43.0 Å². The van der Waals surface area contributed by atoms with Gasteiger partial charge < -0.3 is 9.80 Å². The molecule has 1 rings (SSSR count). The van der Waals surface area contributed by atoms with Crippen LogP contribution in [0.3, 0.4) is 0 Å². The maximum Gasteiger partial charge on any atom is 0.0329 e. The molecule has 0 bridgehead atoms. The van der Waals surface area contributed by atoms with E-state index in [9.17, 15) is 0 Å². The minimum atomic E-state index is 0.734. The Morgan fingerprint density at radius 1 is 1.60 bits per heavy atom. The summed E-state index contributed by atoms with van der Waals surface area (Å²) in [5.41, 5.74) is 0. The van der Waals surface area contributed by atoms with Crippen LogP contribution in [0.25, 0.3) is 0 Å². The van der Waals surface area contributed by atoms with Gasteiger partial charge in [-0.2, -0.15) is 0 Å². The van der Waals surface area contributed by atoms with Gasteiger partial charge in [-0.05, 0) is 26.7 Å². The summed E-state index contributed by atoms with van der Waals surface area (Å²) >= 11 is 0. The van der Waals surface area contributed by atoms with E-state index >= 15 is 0 Å². The van der Waals surface area contributed by atoms with Gasteiger partial charge in [-0.15, -0.1) is 0 Å². The predicted octanol–water partition coefficient (Wildman–Crippen LogP) is 0.766. The van der Waals surface area contributed by atoms with Gasteiger partial charge in [0.25, 0.3) is 0 Å². The lowest BCUT2D eigenvalue weighted by Crippen LogP contribution is -2.29. The quantitative estimate of drug-likeness (QED) is 0.559. The highest BCUT2D eigenvalue weighted by atomic mass is 15.2. The number of hydrogen-bond donors (Lipinski definition) is 0. The highest BCUT2D eigenvalue weighted by molar-refractivity contribution is 4.85. The molecule has 1 fully saturated rings. The highest BCUT2D eigenvalue weighted by Crippen LogP contribution is 2.12. The molecule has 0 N–H and O–H groups in total. The maximum absolute atomic E-state index is 3.74. The van der Waals surface area contributed by atoms with Crippen molar-refractivity contribution < 1.29 is 0 Å². The van der Waals surface area contributed by atoms with E-state index < -0.39 is 0 Å². The third kappa shape index (κ3) is 1.51. The summed E-state index contributed by atoms with van der Waals surface area (Å²) in [6, 6.07) is 0.734. The molecule has 0 aliphatic carbocycles. The second-order valence-electron chi connectivity index (χ2n) is 3.08. The largest absolute Gasteiger partial charge is 0.376 e. The van der Waals surface area contributed by atoms with E-state index in [-0.39, 0.29) is 0 Å². The zero-order valence-electron chi connectivity index (χ0n) is 6.88. The summed E-state index contributed by atoms with van der Waals surface area (Å²) in [4.78, 5) is 4.55. The minimum absolute atomic E-state index is 0.734. The molecule has 0 aromatic rings. The molecule has 0 aromatic heterocycles. The smallest absolute Gasteiger partial charge is 0.0329 e. The van der Waals surface area contributed by atoms with Crippen LogP contribution in [0.5, 0.6) is 0 Å². The molecule has 1 aliphatic rings. The summed E-state index contributed by atoms with van der Waals surface area (Å²) in [6.45, 7) is 6.07. The zero-order chi connectivity index (χ0) is 7.56. The fourth-order valence-corrected chi connectivity index (χ4v) is 1.36. The monoisotopic (exact) mass is 140 g/mol. The fraction of sp³-hybridized carbons (Fsp3) is 0.750. The Morgan fingerprint density at radius 3 is 2.60 bits per heavy atom. The maximum atomic E-state index is 3.74. The molecule has 0 aromatic carbocycles. The van der Waals surface area contributed by atoms with Crippen LogP contribution in [-0.2, 0) is 0 Å². The van der Waals surface area contributed by atoms with Gasteiger partial charge in [0, 0.05) is 19.1 Å². The molecule has 2 nitrogen and oxygen atoms in total. The van der Waals surface area contributed by atoms with E-state index in [1.165, 1.54) is 13.0 Å². The van der Waals surface area contributed by atoms with Crippen molar-refractivity contribution in [2.24, 2.45) is 0 Å². The molecular weight excluding hydrogens is 124 g/mol. The number of likely N-dealkylation sites (tertiary alicyclic amines) is 1. The average Bonchev–Trinajstić information content (AvgIpc) is 2.34. The molecule has 1 atom stereocenters. The molecule has 0 amide bonds. The van der Waals surface area contributed by atoms with E-state index in [2.05, 4.69) is 30.5 Å². The average molecular weight is 140 g/mol. The van der Waals surface area contributed by atoms with Gasteiger partial charge in [-0.25, -0.2) is 0 Å². The van der Waals surface area contributed by atoms with Gasteiger partial charge in [0.15, 0.2) is 0 Å². The van der Waals surface area contributed by atoms with Crippen molar-refractivity contribution in [2.45, 2.75) is 12.5 Å². The third-order valence-corrected chi connectivity index (χ3v) is 2.18. The molecule has 2 heteroatoms. The van der Waals surface area contributed by atoms with E-state index in [4.69, 9.17) is 0 Å². The molecule has 0 saturated carbocycles. The van der Waals surface area contributed by atoms with E-state index in [0.717, 1.165) is 12.6 Å². The van der Waals surface area contributed by atoms with Crippen LogP contribution in [0.4, 0.5) is 0 Å². The van der Waals surface area contributed by atoms with Crippen LogP contribution in [0.2, 0.25) is 0 Å². The highest BCUT2D eigenvalue weighted by Gasteiger charge is 2.20. The van der Waals surface area contributed by atoms with Crippen LogP contribution < -0.4 is 0 Å². The lowest BCUT2D eigenvalue weighted by atomic mass is 10.2. The Hall–Kier alpha value is -0.500. The van der Waals surface area contributed by atoms with E-state index in [1.807, 2.05) is 6.20 Å². The van der Waals surface area contributed by atoms with Crippen LogP contribution in [0.15, 0.2) is 12.8 Å². The molecule has 10 heavy (non-hydrogen) atoms. The first-order chi connectivity index (χ1) is 4.74. The Morgan fingerprint density at radius 2 is 2.30 bits per heavy atom. The van der Waals surface area contributed by atoms with Gasteiger partial charge in [0.2, 0.25) is 0 Å². The van der Waals surface area contributed by atoms with Crippen molar-refractivity contribution in [1.29, 1.82) is 0 Å². The lowest BCUT2D eigenvalue weighted by Gasteiger charge is -2.18. The van der Waals surface area contributed by atoms with E-state index in [1.54, 1.807) is 0 Å². The molecule has 0 radical (unpaired) electrons. The molecule has 0 spiro atoms. The molecule has 0 unspecified atom stereocenters. The van der Waals surface area contributed by atoms with Crippen molar-refractivity contribution in [2.75, 3.05) is 27.2 Å². The van der Waals surface area contributed by atoms with Gasteiger partial charge in [-0.1, -0.05) is 6.58 Å². The zero-order valence-corrected chi connectivity index (χ0v) is 6.88. The van der Waals surface area contributed by atoms with Crippen molar-refractivity contribution in [3.63, 3.8) is 0 Å². The Balaban J connectivity index is 2.35. The first-order valence-electron chi connectivity index (χ1n) is 3.77. The molecule has 58 valence electrons. The summed E-state index contributed by atoms with van der Waals surface area (Å²) in [5.74, 6) is 0. The van der Waals surface area contributed by atoms with Crippen molar-refractivity contribution >= 4 is 0 Å². The third-order valence-electron chi connectivity index (χ3n) is 2.18. The second kappa shape index (κ2) is 3.06. The standard InChI is InChI=1S/C8H16N2/c1-4-10-6-5-8(7-10)9(2)3/h4,8H,1,5-7H2,2-3H3/t8-/m1/s1. The summed E-state index contributed by atoms with van der Waals surface area (Å²) in [5, 5.41) is 0.